The van der Waals surface area contributed by atoms with Gasteiger partial charge in [0, 0.05) is 13.1 Å². The normalized spacial score (nSPS) is 12.8. The highest BCUT2D eigenvalue weighted by atomic mass is 15.3. The minimum atomic E-state index is 0.556. The van der Waals surface area contributed by atoms with Gasteiger partial charge in [0.15, 0.2) is 0 Å². The molecule has 1 atom stereocenters. The Kier molecular flexibility index (Phi) is 4.50. The highest BCUT2D eigenvalue weighted by Crippen LogP contribution is 2.12. The summed E-state index contributed by atoms with van der Waals surface area (Å²) >= 11 is 0. The summed E-state index contributed by atoms with van der Waals surface area (Å²) in [6.45, 7) is 6.24. The van der Waals surface area contributed by atoms with Crippen LogP contribution in [0.15, 0.2) is 30.3 Å². The van der Waals surface area contributed by atoms with Gasteiger partial charge in [-0.05, 0) is 11.5 Å². The summed E-state index contributed by atoms with van der Waals surface area (Å²) in [6, 6.07) is 10.5. The van der Waals surface area contributed by atoms with Crippen molar-refractivity contribution in [3.63, 3.8) is 0 Å². The zero-order chi connectivity index (χ0) is 9.52. The second kappa shape index (κ2) is 5.73. The number of nitrogens with one attached hydrogen (secondary N) is 2. The van der Waals surface area contributed by atoms with Gasteiger partial charge in [0.1, 0.15) is 0 Å². The highest BCUT2D eigenvalue weighted by Gasteiger charge is 2.02. The fourth-order valence-electron chi connectivity index (χ4n) is 1.25. The molecule has 13 heavy (non-hydrogen) atoms. The molecule has 1 unspecified atom stereocenters. The van der Waals surface area contributed by atoms with Crippen molar-refractivity contribution in [2.24, 2.45) is 0 Å². The smallest absolute Gasteiger partial charge is 0.0166 e. The van der Waals surface area contributed by atoms with E-state index < -0.39 is 0 Å². The van der Waals surface area contributed by atoms with E-state index in [9.17, 15) is 0 Å². The van der Waals surface area contributed by atoms with E-state index in [2.05, 4.69) is 49.0 Å². The zero-order valence-electron chi connectivity index (χ0n) is 8.38. The first kappa shape index (κ1) is 10.2. The number of hydrogen-bond acceptors (Lipinski definition) is 2. The first-order valence-corrected chi connectivity index (χ1v) is 4.85. The van der Waals surface area contributed by atoms with Gasteiger partial charge in [-0.25, -0.2) is 0 Å². The van der Waals surface area contributed by atoms with Crippen LogP contribution in [0, 0.1) is 0 Å². The molecule has 0 spiro atoms. The first-order chi connectivity index (χ1) is 6.34. The lowest BCUT2D eigenvalue weighted by atomic mass is 10.0. The number of hydrazine groups is 1. The van der Waals surface area contributed by atoms with Crippen LogP contribution in [0.25, 0.3) is 0 Å². The Balaban J connectivity index is 2.35. The molecule has 0 radical (unpaired) electrons. The van der Waals surface area contributed by atoms with Gasteiger partial charge >= 0.3 is 0 Å². The van der Waals surface area contributed by atoms with Crippen LogP contribution in [0.1, 0.15) is 25.3 Å². The topological polar surface area (TPSA) is 24.1 Å². The number of hydrogen-bond donors (Lipinski definition) is 2. The Morgan fingerprint density at radius 3 is 2.46 bits per heavy atom. The van der Waals surface area contributed by atoms with Gasteiger partial charge in [0.25, 0.3) is 0 Å². The summed E-state index contributed by atoms with van der Waals surface area (Å²) in [5, 5.41) is 0. The molecule has 0 saturated heterocycles. The Morgan fingerprint density at radius 1 is 1.15 bits per heavy atom. The average Bonchev–Trinajstić information content (AvgIpc) is 2.19. The molecule has 0 aromatic heterocycles. The molecule has 2 heteroatoms. The molecule has 1 aromatic rings. The number of benzene rings is 1. The third-order valence-electron chi connectivity index (χ3n) is 2.08. The van der Waals surface area contributed by atoms with Gasteiger partial charge in [0.05, 0.1) is 0 Å². The van der Waals surface area contributed by atoms with E-state index in [4.69, 9.17) is 0 Å². The molecule has 0 fully saturated rings. The van der Waals surface area contributed by atoms with Crippen LogP contribution in [-0.4, -0.2) is 13.1 Å². The lowest BCUT2D eigenvalue weighted by Gasteiger charge is -2.12. The Bertz CT molecular complexity index is 221. The SMILES string of the molecule is CCNNCC(C)c1ccccc1. The van der Waals surface area contributed by atoms with Crippen LogP contribution in [0.3, 0.4) is 0 Å². The fourth-order valence-corrected chi connectivity index (χ4v) is 1.25. The summed E-state index contributed by atoms with van der Waals surface area (Å²) in [7, 11) is 0. The Hall–Kier alpha value is -0.860. The second-order valence-electron chi connectivity index (χ2n) is 3.22. The minimum absolute atomic E-state index is 0.556. The lowest BCUT2D eigenvalue weighted by Crippen LogP contribution is -2.34. The van der Waals surface area contributed by atoms with Crippen molar-refractivity contribution < 1.29 is 0 Å². The molecule has 72 valence electrons. The fraction of sp³-hybridized carbons (Fsp3) is 0.455. The summed E-state index contributed by atoms with van der Waals surface area (Å²) in [5.41, 5.74) is 7.66. The van der Waals surface area contributed by atoms with Gasteiger partial charge in [0.2, 0.25) is 0 Å². The van der Waals surface area contributed by atoms with Crippen LogP contribution in [0.5, 0.6) is 0 Å². The molecule has 0 amide bonds. The molecule has 0 aliphatic rings. The molecule has 1 rings (SSSR count). The van der Waals surface area contributed by atoms with E-state index >= 15 is 0 Å². The van der Waals surface area contributed by atoms with E-state index in [1.54, 1.807) is 0 Å². The molecule has 0 bridgehead atoms. The first-order valence-electron chi connectivity index (χ1n) is 4.85. The molecule has 0 saturated carbocycles. The molecule has 0 aliphatic carbocycles. The van der Waals surface area contributed by atoms with Crippen LogP contribution < -0.4 is 10.9 Å². The van der Waals surface area contributed by atoms with Crippen LogP contribution in [0.4, 0.5) is 0 Å². The molecular formula is C11H18N2. The maximum absolute atomic E-state index is 3.18. The van der Waals surface area contributed by atoms with E-state index in [1.807, 2.05) is 6.07 Å². The number of rotatable bonds is 5. The van der Waals surface area contributed by atoms with Gasteiger partial charge in [-0.1, -0.05) is 44.2 Å². The Labute approximate surface area is 80.3 Å². The van der Waals surface area contributed by atoms with Crippen molar-refractivity contribution in [2.45, 2.75) is 19.8 Å². The quantitative estimate of drug-likeness (QED) is 0.531. The second-order valence-corrected chi connectivity index (χ2v) is 3.22. The minimum Gasteiger partial charge on any atom is -0.258 e. The summed E-state index contributed by atoms with van der Waals surface area (Å²) in [5.74, 6) is 0.556. The van der Waals surface area contributed by atoms with E-state index in [0.29, 0.717) is 5.92 Å². The Morgan fingerprint density at radius 2 is 1.85 bits per heavy atom. The van der Waals surface area contributed by atoms with Gasteiger partial charge in [-0.15, -0.1) is 0 Å². The van der Waals surface area contributed by atoms with Crippen molar-refractivity contribution in [2.75, 3.05) is 13.1 Å². The van der Waals surface area contributed by atoms with E-state index in [1.165, 1.54) is 5.56 Å². The summed E-state index contributed by atoms with van der Waals surface area (Å²) < 4.78 is 0. The van der Waals surface area contributed by atoms with E-state index in [0.717, 1.165) is 13.1 Å². The van der Waals surface area contributed by atoms with Crippen LogP contribution >= 0.6 is 0 Å². The maximum Gasteiger partial charge on any atom is 0.0166 e. The van der Waals surface area contributed by atoms with Crippen molar-refractivity contribution in [3.05, 3.63) is 35.9 Å². The van der Waals surface area contributed by atoms with E-state index in [-0.39, 0.29) is 0 Å². The van der Waals surface area contributed by atoms with Gasteiger partial charge in [-0.3, -0.25) is 10.9 Å². The monoisotopic (exact) mass is 178 g/mol. The predicted octanol–water partition coefficient (Wildman–Crippen LogP) is 1.90. The molecule has 0 aliphatic heterocycles. The zero-order valence-corrected chi connectivity index (χ0v) is 8.38. The lowest BCUT2D eigenvalue weighted by molar-refractivity contribution is 0.518. The molecule has 0 heterocycles. The third-order valence-corrected chi connectivity index (χ3v) is 2.08. The van der Waals surface area contributed by atoms with Crippen LogP contribution in [0.2, 0.25) is 0 Å². The molecule has 2 nitrogen and oxygen atoms in total. The average molecular weight is 178 g/mol. The largest absolute Gasteiger partial charge is 0.258 e. The van der Waals surface area contributed by atoms with Crippen molar-refractivity contribution in [1.82, 2.24) is 10.9 Å². The van der Waals surface area contributed by atoms with Crippen molar-refractivity contribution in [1.29, 1.82) is 0 Å². The third kappa shape index (κ3) is 3.57. The van der Waals surface area contributed by atoms with Gasteiger partial charge in [-0.2, -0.15) is 0 Å². The summed E-state index contributed by atoms with van der Waals surface area (Å²) in [6.07, 6.45) is 0. The predicted molar refractivity (Wildman–Crippen MR) is 56.5 cm³/mol. The summed E-state index contributed by atoms with van der Waals surface area (Å²) in [4.78, 5) is 0. The van der Waals surface area contributed by atoms with Crippen molar-refractivity contribution >= 4 is 0 Å². The maximum atomic E-state index is 3.18. The standard InChI is InChI=1S/C11H18N2/c1-3-12-13-9-10(2)11-7-5-4-6-8-11/h4-8,10,12-13H,3,9H2,1-2H3. The molecule has 2 N–H and O–H groups in total. The van der Waals surface area contributed by atoms with Crippen LogP contribution in [-0.2, 0) is 0 Å². The molecule has 1 aromatic carbocycles. The highest BCUT2D eigenvalue weighted by molar-refractivity contribution is 5.18. The molecular weight excluding hydrogens is 160 g/mol. The van der Waals surface area contributed by atoms with Gasteiger partial charge < -0.3 is 0 Å². The van der Waals surface area contributed by atoms with Crippen molar-refractivity contribution in [3.8, 4) is 0 Å².